The molecule has 0 radical (unpaired) electrons. The van der Waals surface area contributed by atoms with Gasteiger partial charge in [-0.3, -0.25) is 9.69 Å². The second-order valence-electron chi connectivity index (χ2n) is 5.39. The van der Waals surface area contributed by atoms with E-state index in [1.165, 1.54) is 6.42 Å². The highest BCUT2D eigenvalue weighted by Crippen LogP contribution is 2.33. The molecule has 1 N–H and O–H groups in total. The average molecular weight is 260 g/mol. The van der Waals surface area contributed by atoms with Crippen molar-refractivity contribution in [2.45, 2.75) is 38.4 Å². The molecule has 102 valence electrons. The first kappa shape index (κ1) is 12.5. The van der Waals surface area contributed by atoms with E-state index in [0.717, 1.165) is 36.3 Å². The van der Waals surface area contributed by atoms with Gasteiger partial charge in [0.05, 0.1) is 13.2 Å². The molecule has 1 aromatic rings. The summed E-state index contributed by atoms with van der Waals surface area (Å²) >= 11 is 0. The lowest BCUT2D eigenvalue weighted by molar-refractivity contribution is -0.122. The van der Waals surface area contributed by atoms with Crippen molar-refractivity contribution in [1.29, 1.82) is 0 Å². The molecule has 2 heterocycles. The third kappa shape index (κ3) is 2.10. The maximum absolute atomic E-state index is 12.0. The predicted molar refractivity (Wildman–Crippen MR) is 73.0 cm³/mol. The van der Waals surface area contributed by atoms with Crippen LogP contribution in [0.1, 0.15) is 36.6 Å². The number of amides is 1. The number of carbonyl (C=O) groups is 1. The highest BCUT2D eigenvalue weighted by Gasteiger charge is 2.41. The molecule has 2 saturated heterocycles. The summed E-state index contributed by atoms with van der Waals surface area (Å²) in [5.74, 6) is 1.07. The smallest absolute Gasteiger partial charge is 0.238 e. The van der Waals surface area contributed by atoms with Gasteiger partial charge in [-0.25, -0.2) is 0 Å². The first-order valence-corrected chi connectivity index (χ1v) is 6.91. The zero-order chi connectivity index (χ0) is 13.4. The highest BCUT2D eigenvalue weighted by molar-refractivity contribution is 5.84. The van der Waals surface area contributed by atoms with Crippen LogP contribution in [0.3, 0.4) is 0 Å². The van der Waals surface area contributed by atoms with Crippen molar-refractivity contribution in [2.24, 2.45) is 0 Å². The monoisotopic (exact) mass is 260 g/mol. The van der Waals surface area contributed by atoms with Crippen molar-refractivity contribution in [3.63, 3.8) is 0 Å². The van der Waals surface area contributed by atoms with E-state index >= 15 is 0 Å². The maximum Gasteiger partial charge on any atom is 0.238 e. The molecule has 1 amide bonds. The zero-order valence-corrected chi connectivity index (χ0v) is 11.5. The van der Waals surface area contributed by atoms with Gasteiger partial charge in [-0.1, -0.05) is 12.5 Å². The van der Waals surface area contributed by atoms with Crippen molar-refractivity contribution in [3.8, 4) is 5.75 Å². The molecule has 0 bridgehead atoms. The molecule has 4 heteroatoms. The van der Waals surface area contributed by atoms with E-state index in [0.29, 0.717) is 0 Å². The number of nitrogens with zero attached hydrogens (tertiary/aromatic N) is 1. The number of hydrogen-bond donors (Lipinski definition) is 1. The Balaban J connectivity index is 1.89. The number of ether oxygens (including phenoxy) is 1. The van der Waals surface area contributed by atoms with Crippen LogP contribution in [0.5, 0.6) is 5.75 Å². The number of methoxy groups -OCH3 is 1. The van der Waals surface area contributed by atoms with Crippen LogP contribution >= 0.6 is 0 Å². The molecule has 0 aromatic heterocycles. The molecule has 2 unspecified atom stereocenters. The second kappa shape index (κ2) is 4.85. The van der Waals surface area contributed by atoms with E-state index in [1.807, 2.05) is 19.1 Å². The van der Waals surface area contributed by atoms with E-state index in [4.69, 9.17) is 4.74 Å². The minimum absolute atomic E-state index is 0.0300. The maximum atomic E-state index is 12.0. The summed E-state index contributed by atoms with van der Waals surface area (Å²) in [7, 11) is 1.68. The largest absolute Gasteiger partial charge is 0.496 e. The van der Waals surface area contributed by atoms with Crippen LogP contribution in [-0.4, -0.2) is 30.5 Å². The summed E-state index contributed by atoms with van der Waals surface area (Å²) in [5, 5.41) is 3.12. The second-order valence-corrected chi connectivity index (χ2v) is 5.39. The normalized spacial score (nSPS) is 26.9. The molecule has 0 spiro atoms. The number of hydrogen-bond acceptors (Lipinski definition) is 3. The average Bonchev–Trinajstić information content (AvgIpc) is 2.77. The van der Waals surface area contributed by atoms with Crippen LogP contribution in [0.15, 0.2) is 18.2 Å². The summed E-state index contributed by atoms with van der Waals surface area (Å²) in [5.41, 5.74) is 2.26. The van der Waals surface area contributed by atoms with E-state index in [1.54, 1.807) is 7.11 Å². The summed E-state index contributed by atoms with van der Waals surface area (Å²) in [6.07, 6.45) is 3.35. The van der Waals surface area contributed by atoms with Gasteiger partial charge in [-0.05, 0) is 43.0 Å². The molecular weight excluding hydrogens is 240 g/mol. The van der Waals surface area contributed by atoms with Crippen LogP contribution in [0.25, 0.3) is 0 Å². The van der Waals surface area contributed by atoms with Crippen molar-refractivity contribution < 1.29 is 9.53 Å². The van der Waals surface area contributed by atoms with Crippen molar-refractivity contribution in [2.75, 3.05) is 13.7 Å². The van der Waals surface area contributed by atoms with Crippen LogP contribution < -0.4 is 10.1 Å². The number of rotatable bonds is 2. The molecular formula is C15H20N2O2. The minimum atomic E-state index is 0.0300. The fourth-order valence-corrected chi connectivity index (χ4v) is 3.20. The lowest BCUT2D eigenvalue weighted by atomic mass is 10.0. The van der Waals surface area contributed by atoms with E-state index in [9.17, 15) is 4.79 Å². The lowest BCUT2D eigenvalue weighted by Gasteiger charge is -2.31. The van der Waals surface area contributed by atoms with Gasteiger partial charge < -0.3 is 10.1 Å². The Hall–Kier alpha value is -1.55. The Labute approximate surface area is 113 Å². The Morgan fingerprint density at radius 2 is 2.21 bits per heavy atom. The first-order chi connectivity index (χ1) is 9.20. The third-order valence-corrected chi connectivity index (χ3v) is 4.19. The van der Waals surface area contributed by atoms with Crippen LogP contribution in [0, 0.1) is 6.92 Å². The van der Waals surface area contributed by atoms with Crippen molar-refractivity contribution >= 4 is 5.91 Å². The predicted octanol–water partition coefficient (Wildman–Crippen LogP) is 1.99. The number of carbonyl (C=O) groups excluding carboxylic acids is 1. The Bertz CT molecular complexity index is 501. The molecule has 0 aliphatic carbocycles. The molecule has 2 aliphatic rings. The fraction of sp³-hybridized carbons (Fsp3) is 0.533. The van der Waals surface area contributed by atoms with Gasteiger partial charge in [0.15, 0.2) is 0 Å². The number of fused-ring (bicyclic) bond motifs is 1. The van der Waals surface area contributed by atoms with Gasteiger partial charge in [0.2, 0.25) is 5.91 Å². The summed E-state index contributed by atoms with van der Waals surface area (Å²) in [6.45, 7) is 3.03. The number of nitrogens with one attached hydrogen (secondary N) is 1. The van der Waals surface area contributed by atoms with Crippen molar-refractivity contribution in [3.05, 3.63) is 29.3 Å². The highest BCUT2D eigenvalue weighted by atomic mass is 16.5. The lowest BCUT2D eigenvalue weighted by Crippen LogP contribution is -2.38. The molecule has 2 aliphatic heterocycles. The number of benzene rings is 1. The standard InChI is InChI=1S/C15H20N2O2/c1-10-9-11(6-7-13(10)19-2)14-16-15(18)12-5-3-4-8-17(12)14/h6-7,9,12,14H,3-5,8H2,1-2H3,(H,16,18). The molecule has 2 atom stereocenters. The summed E-state index contributed by atoms with van der Waals surface area (Å²) in [4.78, 5) is 14.3. The Kier molecular flexibility index (Phi) is 3.19. The Morgan fingerprint density at radius 3 is 2.95 bits per heavy atom. The van der Waals surface area contributed by atoms with Crippen LogP contribution in [-0.2, 0) is 4.79 Å². The zero-order valence-electron chi connectivity index (χ0n) is 11.5. The topological polar surface area (TPSA) is 41.6 Å². The molecule has 2 fully saturated rings. The third-order valence-electron chi connectivity index (χ3n) is 4.19. The van der Waals surface area contributed by atoms with Gasteiger partial charge in [-0.15, -0.1) is 0 Å². The first-order valence-electron chi connectivity index (χ1n) is 6.91. The molecule has 1 aromatic carbocycles. The molecule has 3 rings (SSSR count). The molecule has 19 heavy (non-hydrogen) atoms. The fourth-order valence-electron chi connectivity index (χ4n) is 3.20. The Morgan fingerprint density at radius 1 is 1.37 bits per heavy atom. The van der Waals surface area contributed by atoms with Gasteiger partial charge in [0, 0.05) is 6.54 Å². The summed E-state index contributed by atoms with van der Waals surface area (Å²) in [6, 6.07) is 6.21. The number of aryl methyl sites for hydroxylation is 1. The van der Waals surface area contributed by atoms with E-state index in [-0.39, 0.29) is 18.1 Å². The molecule has 0 saturated carbocycles. The van der Waals surface area contributed by atoms with Crippen molar-refractivity contribution in [1.82, 2.24) is 10.2 Å². The van der Waals surface area contributed by atoms with Gasteiger partial charge in [-0.2, -0.15) is 0 Å². The quantitative estimate of drug-likeness (QED) is 0.884. The SMILES string of the molecule is COc1ccc(C2NC(=O)C3CCCCN32)cc1C. The van der Waals surface area contributed by atoms with Crippen LogP contribution in [0.2, 0.25) is 0 Å². The van der Waals surface area contributed by atoms with Gasteiger partial charge in [0.1, 0.15) is 11.9 Å². The van der Waals surface area contributed by atoms with E-state index < -0.39 is 0 Å². The number of piperidine rings is 1. The van der Waals surface area contributed by atoms with Crippen LogP contribution in [0.4, 0.5) is 0 Å². The van der Waals surface area contributed by atoms with E-state index in [2.05, 4.69) is 16.3 Å². The minimum Gasteiger partial charge on any atom is -0.496 e. The van der Waals surface area contributed by atoms with Gasteiger partial charge >= 0.3 is 0 Å². The van der Waals surface area contributed by atoms with Gasteiger partial charge in [0.25, 0.3) is 0 Å². The summed E-state index contributed by atoms with van der Waals surface area (Å²) < 4.78 is 5.29. The molecule has 4 nitrogen and oxygen atoms in total.